The molecule has 5 nitrogen and oxygen atoms in total. The van der Waals surface area contributed by atoms with E-state index in [2.05, 4.69) is 28.7 Å². The van der Waals surface area contributed by atoms with Crippen molar-refractivity contribution in [1.82, 2.24) is 9.97 Å². The van der Waals surface area contributed by atoms with Gasteiger partial charge in [-0.1, -0.05) is 26.0 Å². The molecule has 6 heteroatoms. The summed E-state index contributed by atoms with van der Waals surface area (Å²) >= 11 is 0. The fourth-order valence-electron chi connectivity index (χ4n) is 3.02. The average molecular weight is 343 g/mol. The number of aliphatic carboxylic acids is 1. The summed E-state index contributed by atoms with van der Waals surface area (Å²) in [5.41, 5.74) is 1.54. The summed E-state index contributed by atoms with van der Waals surface area (Å²) in [4.78, 5) is 22.4. The molecular formula is C19H22FN3O2. The van der Waals surface area contributed by atoms with Crippen molar-refractivity contribution in [2.24, 2.45) is 5.92 Å². The fraction of sp³-hybridized carbons (Fsp3) is 0.421. The Hall–Kier alpha value is -2.50. The molecule has 0 radical (unpaired) electrons. The minimum absolute atomic E-state index is 0.214. The number of benzene rings is 1. The lowest BCUT2D eigenvalue weighted by Gasteiger charge is -2.31. The summed E-state index contributed by atoms with van der Waals surface area (Å²) < 4.78 is 13.6. The molecule has 1 saturated heterocycles. The highest BCUT2D eigenvalue weighted by molar-refractivity contribution is 5.70. The second-order valence-electron chi connectivity index (χ2n) is 6.74. The van der Waals surface area contributed by atoms with E-state index in [4.69, 9.17) is 5.11 Å². The van der Waals surface area contributed by atoms with Crippen molar-refractivity contribution < 1.29 is 14.3 Å². The van der Waals surface area contributed by atoms with Crippen LogP contribution in [0.2, 0.25) is 0 Å². The Morgan fingerprint density at radius 1 is 1.24 bits per heavy atom. The van der Waals surface area contributed by atoms with Crippen LogP contribution in [0, 0.1) is 11.7 Å². The number of piperidine rings is 1. The van der Waals surface area contributed by atoms with E-state index in [9.17, 15) is 9.18 Å². The van der Waals surface area contributed by atoms with E-state index in [0.717, 1.165) is 11.5 Å². The van der Waals surface area contributed by atoms with Crippen LogP contribution in [0.4, 0.5) is 10.2 Å². The Morgan fingerprint density at radius 3 is 2.56 bits per heavy atom. The third-order valence-electron chi connectivity index (χ3n) is 4.57. The predicted octanol–water partition coefficient (Wildman–Crippen LogP) is 3.71. The second kappa shape index (κ2) is 7.17. The number of rotatable bonds is 4. The molecular weight excluding hydrogens is 321 g/mol. The third kappa shape index (κ3) is 3.95. The molecule has 0 aliphatic carbocycles. The lowest BCUT2D eigenvalue weighted by Crippen LogP contribution is -2.37. The van der Waals surface area contributed by atoms with Gasteiger partial charge in [-0.05, 0) is 30.9 Å². The van der Waals surface area contributed by atoms with Gasteiger partial charge in [-0.15, -0.1) is 0 Å². The molecule has 2 heterocycles. The summed E-state index contributed by atoms with van der Waals surface area (Å²) in [5.74, 6) is 0.157. The summed E-state index contributed by atoms with van der Waals surface area (Å²) in [5, 5.41) is 9.15. The van der Waals surface area contributed by atoms with Crippen molar-refractivity contribution in [2.45, 2.75) is 32.6 Å². The van der Waals surface area contributed by atoms with Crippen LogP contribution >= 0.6 is 0 Å². The van der Waals surface area contributed by atoms with Crippen LogP contribution in [0.5, 0.6) is 0 Å². The quantitative estimate of drug-likeness (QED) is 0.917. The van der Waals surface area contributed by atoms with Crippen molar-refractivity contribution in [2.75, 3.05) is 18.0 Å². The zero-order valence-corrected chi connectivity index (χ0v) is 14.4. The molecule has 1 N–H and O–H groups in total. The number of carboxylic acid groups (broad SMARTS) is 1. The number of halogens is 1. The van der Waals surface area contributed by atoms with Crippen LogP contribution in [0.15, 0.2) is 30.3 Å². The van der Waals surface area contributed by atoms with Gasteiger partial charge in [0.25, 0.3) is 0 Å². The molecule has 2 aromatic rings. The van der Waals surface area contributed by atoms with Crippen LogP contribution < -0.4 is 4.90 Å². The number of anilines is 1. The maximum absolute atomic E-state index is 13.6. The number of carbonyl (C=O) groups is 1. The van der Waals surface area contributed by atoms with Crippen molar-refractivity contribution in [3.63, 3.8) is 0 Å². The predicted molar refractivity (Wildman–Crippen MR) is 94.1 cm³/mol. The van der Waals surface area contributed by atoms with Gasteiger partial charge >= 0.3 is 5.97 Å². The molecule has 0 unspecified atom stereocenters. The van der Waals surface area contributed by atoms with Crippen molar-refractivity contribution in [1.29, 1.82) is 0 Å². The van der Waals surface area contributed by atoms with E-state index in [1.54, 1.807) is 12.1 Å². The molecule has 132 valence electrons. The Kier molecular flexibility index (Phi) is 4.97. The van der Waals surface area contributed by atoms with Gasteiger partial charge in [0.15, 0.2) is 5.82 Å². The van der Waals surface area contributed by atoms with Crippen molar-refractivity contribution >= 4 is 11.8 Å². The lowest BCUT2D eigenvalue weighted by molar-refractivity contribution is -0.142. The highest BCUT2D eigenvalue weighted by Gasteiger charge is 2.26. The van der Waals surface area contributed by atoms with Gasteiger partial charge in [0.1, 0.15) is 11.6 Å². The van der Waals surface area contributed by atoms with Crippen LogP contribution in [0.25, 0.3) is 11.4 Å². The molecule has 0 atom stereocenters. The summed E-state index contributed by atoms with van der Waals surface area (Å²) in [6.45, 7) is 5.40. The van der Waals surface area contributed by atoms with Crippen LogP contribution in [-0.2, 0) is 4.79 Å². The Morgan fingerprint density at radius 2 is 1.96 bits per heavy atom. The third-order valence-corrected chi connectivity index (χ3v) is 4.57. The molecule has 0 bridgehead atoms. The normalized spacial score (nSPS) is 15.6. The molecule has 0 amide bonds. The first-order valence-corrected chi connectivity index (χ1v) is 8.56. The zero-order valence-electron chi connectivity index (χ0n) is 14.4. The monoisotopic (exact) mass is 343 g/mol. The number of hydrogen-bond donors (Lipinski definition) is 1. The van der Waals surface area contributed by atoms with E-state index < -0.39 is 5.97 Å². The highest BCUT2D eigenvalue weighted by Crippen LogP contribution is 2.27. The number of hydrogen-bond acceptors (Lipinski definition) is 4. The minimum Gasteiger partial charge on any atom is -0.481 e. The lowest BCUT2D eigenvalue weighted by atomic mass is 9.97. The standard InChI is InChI=1S/C19H22FN3O2/c1-12(2)16-11-17(23-8-6-13(7-9-23)19(24)25)22-18(21-16)14-4-3-5-15(20)10-14/h3-5,10-13H,6-9H2,1-2H3,(H,24,25). The first kappa shape index (κ1) is 17.3. The van der Waals surface area contributed by atoms with Crippen molar-refractivity contribution in [3.05, 3.63) is 41.8 Å². The van der Waals surface area contributed by atoms with Gasteiger partial charge in [0.2, 0.25) is 0 Å². The number of nitrogens with zero attached hydrogens (tertiary/aromatic N) is 3. The van der Waals surface area contributed by atoms with Crippen molar-refractivity contribution in [3.8, 4) is 11.4 Å². The Bertz CT molecular complexity index is 771. The molecule has 1 aromatic heterocycles. The van der Waals surface area contributed by atoms with E-state index >= 15 is 0 Å². The summed E-state index contributed by atoms with van der Waals surface area (Å²) in [6, 6.07) is 8.22. The first-order chi connectivity index (χ1) is 11.9. The summed E-state index contributed by atoms with van der Waals surface area (Å²) in [7, 11) is 0. The smallest absolute Gasteiger partial charge is 0.306 e. The second-order valence-corrected chi connectivity index (χ2v) is 6.74. The molecule has 3 rings (SSSR count). The number of aromatic nitrogens is 2. The Balaban J connectivity index is 1.93. The largest absolute Gasteiger partial charge is 0.481 e. The van der Waals surface area contributed by atoms with Gasteiger partial charge in [0, 0.05) is 30.4 Å². The molecule has 0 spiro atoms. The van der Waals surface area contributed by atoms with E-state index in [1.807, 2.05) is 6.07 Å². The van der Waals surface area contributed by atoms with Crippen LogP contribution in [0.1, 0.15) is 38.3 Å². The van der Waals surface area contributed by atoms with Gasteiger partial charge in [-0.3, -0.25) is 4.79 Å². The van der Waals surface area contributed by atoms with Crippen LogP contribution in [0.3, 0.4) is 0 Å². The molecule has 0 saturated carbocycles. The summed E-state index contributed by atoms with van der Waals surface area (Å²) in [6.07, 6.45) is 1.21. The van der Waals surface area contributed by atoms with Gasteiger partial charge in [-0.25, -0.2) is 14.4 Å². The SMILES string of the molecule is CC(C)c1cc(N2CCC(C(=O)O)CC2)nc(-c2cccc(F)c2)n1. The zero-order chi connectivity index (χ0) is 18.0. The first-order valence-electron chi connectivity index (χ1n) is 8.56. The highest BCUT2D eigenvalue weighted by atomic mass is 19.1. The maximum Gasteiger partial charge on any atom is 0.306 e. The van der Waals surface area contributed by atoms with Gasteiger partial charge < -0.3 is 10.0 Å². The van der Waals surface area contributed by atoms with Gasteiger partial charge in [0.05, 0.1) is 5.92 Å². The van der Waals surface area contributed by atoms with E-state index in [1.165, 1.54) is 12.1 Å². The maximum atomic E-state index is 13.6. The molecule has 1 aromatic carbocycles. The van der Waals surface area contributed by atoms with Gasteiger partial charge in [-0.2, -0.15) is 0 Å². The average Bonchev–Trinajstić information content (AvgIpc) is 2.61. The number of carboxylic acids is 1. The topological polar surface area (TPSA) is 66.3 Å². The van der Waals surface area contributed by atoms with Crippen LogP contribution in [-0.4, -0.2) is 34.1 Å². The molecule has 1 aliphatic rings. The molecule has 25 heavy (non-hydrogen) atoms. The molecule has 1 fully saturated rings. The molecule has 1 aliphatic heterocycles. The van der Waals surface area contributed by atoms with E-state index in [-0.39, 0.29) is 17.7 Å². The van der Waals surface area contributed by atoms with E-state index in [0.29, 0.717) is 37.3 Å². The minimum atomic E-state index is -0.731. The fourth-order valence-corrected chi connectivity index (χ4v) is 3.02. The Labute approximate surface area is 146 Å².